The summed E-state index contributed by atoms with van der Waals surface area (Å²) in [6.45, 7) is 9.05. The van der Waals surface area contributed by atoms with E-state index in [0.717, 1.165) is 56.6 Å². The summed E-state index contributed by atoms with van der Waals surface area (Å²) in [5, 5.41) is 3.09. The smallest absolute Gasteiger partial charge is 0.258 e. The van der Waals surface area contributed by atoms with Crippen LogP contribution in [0.4, 0.5) is 16.0 Å². The van der Waals surface area contributed by atoms with Crippen molar-refractivity contribution in [3.8, 4) is 22.9 Å². The molecule has 7 heterocycles. The molecule has 49 heavy (non-hydrogen) atoms. The maximum atomic E-state index is 15.4. The van der Waals surface area contributed by atoms with E-state index >= 15 is 4.39 Å². The number of carbonyl (C=O) groups excluding carboxylic acids is 1. The summed E-state index contributed by atoms with van der Waals surface area (Å²) in [4.78, 5) is 32.5. The minimum atomic E-state index is -0.685. The van der Waals surface area contributed by atoms with Crippen LogP contribution >= 0.6 is 0 Å². The molecule has 3 fully saturated rings. The van der Waals surface area contributed by atoms with E-state index in [1.165, 1.54) is 57.8 Å². The van der Waals surface area contributed by atoms with Crippen molar-refractivity contribution >= 4 is 28.6 Å². The molecule has 12 heteroatoms. The van der Waals surface area contributed by atoms with Crippen LogP contribution in [0, 0.1) is 18.2 Å². The number of methoxy groups -OCH3 is 1. The molecule has 1 N–H and O–H groups in total. The predicted octanol–water partition coefficient (Wildman–Crippen LogP) is 5.85. The number of likely N-dealkylation sites (tertiary alicyclic amines) is 1. The Bertz CT molecular complexity index is 1860. The molecule has 0 atom stereocenters. The molecule has 3 aromatic heterocycles. The molecule has 0 unspecified atom stereocenters. The Morgan fingerprint density at radius 2 is 1.78 bits per heavy atom. The number of carbonyl (C=O) groups is 1. The van der Waals surface area contributed by atoms with Gasteiger partial charge in [0.1, 0.15) is 0 Å². The Morgan fingerprint density at radius 1 is 0.980 bits per heavy atom. The Morgan fingerprint density at radius 3 is 2.53 bits per heavy atom. The first-order chi connectivity index (χ1) is 23.9. The molecule has 1 aromatic carbocycles. The van der Waals surface area contributed by atoms with Crippen LogP contribution in [-0.4, -0.2) is 89.5 Å². The van der Waals surface area contributed by atoms with E-state index in [2.05, 4.69) is 47.9 Å². The number of pyridine rings is 2. The topological polar surface area (TPSA) is 107 Å². The van der Waals surface area contributed by atoms with Crippen LogP contribution in [-0.2, 0) is 11.3 Å². The van der Waals surface area contributed by atoms with Gasteiger partial charge in [-0.25, -0.2) is 9.97 Å². The number of rotatable bonds is 3. The van der Waals surface area contributed by atoms with Gasteiger partial charge in [-0.15, -0.1) is 0 Å². The minimum Gasteiger partial charge on any atom is -0.490 e. The minimum absolute atomic E-state index is 0.0236. The normalized spacial score (nSPS) is 20.4. The summed E-state index contributed by atoms with van der Waals surface area (Å²) in [5.41, 5.74) is 5.24. The molecular formula is C37H44FN7O4. The number of benzene rings is 1. The Kier molecular flexibility index (Phi) is 8.61. The molecule has 258 valence electrons. The monoisotopic (exact) mass is 669 g/mol. The third-order valence-corrected chi connectivity index (χ3v) is 11.0. The van der Waals surface area contributed by atoms with E-state index in [1.54, 1.807) is 19.1 Å². The zero-order valence-electron chi connectivity index (χ0n) is 28.3. The molecule has 4 aliphatic rings. The van der Waals surface area contributed by atoms with E-state index in [4.69, 9.17) is 19.2 Å². The van der Waals surface area contributed by atoms with Gasteiger partial charge in [0.25, 0.3) is 11.8 Å². The highest BCUT2D eigenvalue weighted by atomic mass is 19.1. The average Bonchev–Trinajstić information content (AvgIpc) is 3.42. The Hall–Kier alpha value is -4.29. The first-order valence-electron chi connectivity index (χ1n) is 17.6. The van der Waals surface area contributed by atoms with Crippen LogP contribution in [0.3, 0.4) is 0 Å². The maximum absolute atomic E-state index is 15.4. The van der Waals surface area contributed by atoms with Crippen LogP contribution in [0.5, 0.6) is 11.6 Å². The van der Waals surface area contributed by atoms with Crippen LogP contribution in [0.2, 0.25) is 0 Å². The third kappa shape index (κ3) is 6.20. The van der Waals surface area contributed by atoms with E-state index < -0.39 is 5.82 Å². The highest BCUT2D eigenvalue weighted by Crippen LogP contribution is 2.43. The zero-order chi connectivity index (χ0) is 33.5. The summed E-state index contributed by atoms with van der Waals surface area (Å²) in [6, 6.07) is 10.5. The number of ether oxygens (including phenoxy) is 3. The first-order valence-corrected chi connectivity index (χ1v) is 17.6. The van der Waals surface area contributed by atoms with Crippen LogP contribution in [0.25, 0.3) is 22.3 Å². The fourth-order valence-electron chi connectivity index (χ4n) is 7.92. The molecule has 0 aliphatic carbocycles. The van der Waals surface area contributed by atoms with Crippen LogP contribution in [0.1, 0.15) is 61.0 Å². The average molecular weight is 670 g/mol. The largest absolute Gasteiger partial charge is 0.490 e. The molecule has 1 spiro atoms. The van der Waals surface area contributed by atoms with Crippen molar-refractivity contribution in [2.45, 2.75) is 64.5 Å². The number of imidazole rings is 1. The second kappa shape index (κ2) is 13.2. The van der Waals surface area contributed by atoms with Crippen molar-refractivity contribution in [1.29, 1.82) is 0 Å². The van der Waals surface area contributed by atoms with Gasteiger partial charge in [0.2, 0.25) is 11.8 Å². The predicted molar refractivity (Wildman–Crippen MR) is 185 cm³/mol. The maximum Gasteiger partial charge on any atom is 0.258 e. The third-order valence-electron chi connectivity index (χ3n) is 11.0. The molecule has 2 bridgehead atoms. The molecule has 0 saturated carbocycles. The first kappa shape index (κ1) is 31.9. The zero-order valence-corrected chi connectivity index (χ0v) is 28.3. The van der Waals surface area contributed by atoms with Crippen LogP contribution in [0.15, 0.2) is 36.5 Å². The number of hydrogen-bond donors (Lipinski definition) is 1. The molecule has 1 amide bonds. The number of aryl methyl sites for hydroxylation is 2. The SMILES string of the molecule is COc1ncc2c(c1F)OCCCCCn1c(nc3ccc(N4CCC5(CC4)CCN(C4COC4)CC5)cc31)NC(=O)c1cc(C)nc-2c1. The summed E-state index contributed by atoms with van der Waals surface area (Å²) < 4.78 is 34.1. The van der Waals surface area contributed by atoms with Gasteiger partial charge in [-0.2, -0.15) is 4.39 Å². The highest BCUT2D eigenvalue weighted by Gasteiger charge is 2.40. The number of aromatic nitrogens is 4. The summed E-state index contributed by atoms with van der Waals surface area (Å²) in [7, 11) is 1.37. The van der Waals surface area contributed by atoms with Crippen molar-refractivity contribution < 1.29 is 23.4 Å². The standard InChI is InChI=1S/C37H44FN7O4/c1-24-18-25-19-30(40-24)28-21-39-35(47-2)32(38)33(28)49-17-5-3-4-12-45-31-20-26(6-7-29(31)41-36(45)42-34(25)46)43-13-8-37(9-14-43)10-15-44(16-11-37)27-22-48-23-27/h6-7,18-21,27H,3-5,8-17,22-23H2,1-2H3,(H,41,42,46). The lowest BCUT2D eigenvalue weighted by atomic mass is 9.71. The van der Waals surface area contributed by atoms with Crippen molar-refractivity contribution in [2.75, 3.05) is 63.3 Å². The van der Waals surface area contributed by atoms with Gasteiger partial charge in [-0.3, -0.25) is 20.0 Å². The van der Waals surface area contributed by atoms with E-state index in [9.17, 15) is 4.79 Å². The second-order valence-corrected chi connectivity index (χ2v) is 14.0. The molecule has 8 rings (SSSR count). The molecular weight excluding hydrogens is 625 g/mol. The number of piperidine rings is 2. The summed E-state index contributed by atoms with van der Waals surface area (Å²) in [5.74, 6) is -0.618. The van der Waals surface area contributed by atoms with Gasteiger partial charge in [-0.05, 0) is 101 Å². The lowest BCUT2D eigenvalue weighted by Crippen LogP contribution is -2.54. The van der Waals surface area contributed by atoms with Gasteiger partial charge in [0.15, 0.2) is 5.75 Å². The van der Waals surface area contributed by atoms with Crippen molar-refractivity contribution in [2.24, 2.45) is 5.41 Å². The van der Waals surface area contributed by atoms with Crippen LogP contribution < -0.4 is 19.7 Å². The number of nitrogens with zero attached hydrogens (tertiary/aromatic N) is 6. The number of anilines is 2. The van der Waals surface area contributed by atoms with Gasteiger partial charge >= 0.3 is 0 Å². The number of fused-ring (bicyclic) bond motifs is 7. The van der Waals surface area contributed by atoms with Crippen molar-refractivity contribution in [3.05, 3.63) is 53.6 Å². The van der Waals surface area contributed by atoms with E-state index in [1.807, 2.05) is 0 Å². The molecule has 3 saturated heterocycles. The van der Waals surface area contributed by atoms with Crippen molar-refractivity contribution in [1.82, 2.24) is 24.4 Å². The lowest BCUT2D eigenvalue weighted by molar-refractivity contribution is -0.0834. The fraction of sp³-hybridized carbons (Fsp3) is 0.514. The van der Waals surface area contributed by atoms with Crippen molar-refractivity contribution in [3.63, 3.8) is 0 Å². The van der Waals surface area contributed by atoms with Gasteiger partial charge in [0, 0.05) is 42.8 Å². The number of amides is 1. The van der Waals surface area contributed by atoms with E-state index in [0.29, 0.717) is 53.1 Å². The van der Waals surface area contributed by atoms with E-state index in [-0.39, 0.29) is 17.5 Å². The highest BCUT2D eigenvalue weighted by molar-refractivity contribution is 6.05. The number of halogens is 1. The van der Waals surface area contributed by atoms with Gasteiger partial charge < -0.3 is 23.7 Å². The summed E-state index contributed by atoms with van der Waals surface area (Å²) >= 11 is 0. The molecule has 4 aliphatic heterocycles. The number of nitrogens with one attached hydrogen (secondary N) is 1. The lowest BCUT2D eigenvalue weighted by Gasteiger charge is -2.50. The molecule has 4 aromatic rings. The molecule has 0 radical (unpaired) electrons. The fourth-order valence-corrected chi connectivity index (χ4v) is 7.92. The Balaban J connectivity index is 1.05. The number of hydrogen-bond acceptors (Lipinski definition) is 9. The second-order valence-electron chi connectivity index (χ2n) is 14.0. The summed E-state index contributed by atoms with van der Waals surface area (Å²) in [6.07, 6.45) is 8.87. The quantitative estimate of drug-likeness (QED) is 0.288. The van der Waals surface area contributed by atoms with Gasteiger partial charge in [-0.1, -0.05) is 0 Å². The Labute approximate surface area is 285 Å². The molecule has 11 nitrogen and oxygen atoms in total. The van der Waals surface area contributed by atoms with Gasteiger partial charge in [0.05, 0.1) is 55.3 Å².